The van der Waals surface area contributed by atoms with E-state index in [1.165, 1.54) is 31.2 Å². The molecule has 0 aliphatic heterocycles. The number of hydrogen-bond acceptors (Lipinski definition) is 4. The van der Waals surface area contributed by atoms with Gasteiger partial charge in [-0.15, -0.1) is 0 Å². The van der Waals surface area contributed by atoms with Crippen LogP contribution >= 0.6 is 11.6 Å². The smallest absolute Gasteiger partial charge is 0.312 e. The predicted octanol–water partition coefficient (Wildman–Crippen LogP) is 4.03. The van der Waals surface area contributed by atoms with E-state index < -0.39 is 16.9 Å². The van der Waals surface area contributed by atoms with Crippen molar-refractivity contribution in [3.63, 3.8) is 0 Å². The van der Waals surface area contributed by atoms with Gasteiger partial charge in [-0.3, -0.25) is 14.9 Å². The van der Waals surface area contributed by atoms with Gasteiger partial charge in [-0.2, -0.15) is 0 Å². The van der Waals surface area contributed by atoms with Crippen LogP contribution in [0.3, 0.4) is 0 Å². The Morgan fingerprint density at radius 2 is 1.88 bits per heavy atom. The van der Waals surface area contributed by atoms with Gasteiger partial charge in [-0.25, -0.2) is 4.39 Å². The molecule has 2 rings (SSSR count). The number of nitro benzene ring substituents is 1. The van der Waals surface area contributed by atoms with Crippen molar-refractivity contribution in [2.24, 2.45) is 0 Å². The molecule has 8 heteroatoms. The van der Waals surface area contributed by atoms with Gasteiger partial charge in [0.15, 0.2) is 11.9 Å². The summed E-state index contributed by atoms with van der Waals surface area (Å²) >= 11 is 5.74. The van der Waals surface area contributed by atoms with Gasteiger partial charge in [-0.05, 0) is 43.7 Å². The average molecular weight is 367 g/mol. The maximum absolute atomic E-state index is 12.9. The Bertz CT molecular complexity index is 783. The Morgan fingerprint density at radius 3 is 2.48 bits per heavy atom. The number of rotatable bonds is 6. The molecule has 0 radical (unpaired) electrons. The summed E-state index contributed by atoms with van der Waals surface area (Å²) in [5.74, 6) is -0.874. The van der Waals surface area contributed by atoms with Gasteiger partial charge in [0, 0.05) is 11.1 Å². The van der Waals surface area contributed by atoms with E-state index in [1.54, 1.807) is 19.1 Å². The van der Waals surface area contributed by atoms with Crippen LogP contribution in [0.15, 0.2) is 42.5 Å². The van der Waals surface area contributed by atoms with Crippen LogP contribution in [0.1, 0.15) is 25.5 Å². The van der Waals surface area contributed by atoms with E-state index in [0.717, 1.165) is 11.6 Å². The van der Waals surface area contributed by atoms with E-state index in [4.69, 9.17) is 16.3 Å². The quantitative estimate of drug-likeness (QED) is 0.618. The third kappa shape index (κ3) is 4.90. The van der Waals surface area contributed by atoms with Gasteiger partial charge in [0.2, 0.25) is 0 Å². The predicted molar refractivity (Wildman–Crippen MR) is 91.2 cm³/mol. The Hall–Kier alpha value is -2.67. The highest BCUT2D eigenvalue weighted by atomic mass is 35.5. The molecule has 0 spiro atoms. The highest BCUT2D eigenvalue weighted by molar-refractivity contribution is 6.30. The Morgan fingerprint density at radius 1 is 1.24 bits per heavy atom. The second kappa shape index (κ2) is 7.94. The summed E-state index contributed by atoms with van der Waals surface area (Å²) in [7, 11) is 0. The lowest BCUT2D eigenvalue weighted by molar-refractivity contribution is -0.386. The molecule has 0 heterocycles. The van der Waals surface area contributed by atoms with Crippen molar-refractivity contribution < 1.29 is 18.8 Å². The lowest BCUT2D eigenvalue weighted by atomic mass is 10.1. The zero-order valence-corrected chi connectivity index (χ0v) is 14.3. The first-order chi connectivity index (χ1) is 11.8. The molecule has 2 aromatic carbocycles. The van der Waals surface area contributed by atoms with Gasteiger partial charge < -0.3 is 10.1 Å². The maximum Gasteiger partial charge on any atom is 0.312 e. The maximum atomic E-state index is 12.9. The molecule has 0 aliphatic carbocycles. The summed E-state index contributed by atoms with van der Waals surface area (Å²) in [6, 6.07) is 9.29. The fourth-order valence-corrected chi connectivity index (χ4v) is 2.31. The van der Waals surface area contributed by atoms with Gasteiger partial charge >= 0.3 is 5.69 Å². The summed E-state index contributed by atoms with van der Waals surface area (Å²) in [6.45, 7) is 3.22. The molecule has 1 amide bonds. The van der Waals surface area contributed by atoms with Crippen LogP contribution in [0.5, 0.6) is 5.75 Å². The first-order valence-electron chi connectivity index (χ1n) is 7.44. The van der Waals surface area contributed by atoms with Crippen molar-refractivity contribution in [1.82, 2.24) is 5.32 Å². The number of carbonyl (C=O) groups is 1. The number of nitrogens with zero attached hydrogens (tertiary/aromatic N) is 1. The van der Waals surface area contributed by atoms with Crippen LogP contribution in [-0.4, -0.2) is 16.9 Å². The summed E-state index contributed by atoms with van der Waals surface area (Å²) in [6.07, 6.45) is -0.970. The van der Waals surface area contributed by atoms with Gasteiger partial charge in [-0.1, -0.05) is 23.7 Å². The van der Waals surface area contributed by atoms with Crippen molar-refractivity contribution >= 4 is 23.2 Å². The summed E-state index contributed by atoms with van der Waals surface area (Å²) in [5, 5.41) is 14.0. The molecular weight excluding hydrogens is 351 g/mol. The molecule has 0 aliphatic rings. The highest BCUT2D eigenvalue weighted by Gasteiger charge is 2.22. The SMILES string of the molecule is C[C@H](Oc1ccc(Cl)cc1[N+](=O)[O-])C(=O)N[C@H](C)c1ccc(F)cc1. The fourth-order valence-electron chi connectivity index (χ4n) is 2.14. The zero-order valence-electron chi connectivity index (χ0n) is 13.5. The second-order valence-electron chi connectivity index (χ2n) is 5.41. The minimum Gasteiger partial charge on any atom is -0.474 e. The lowest BCUT2D eigenvalue weighted by Crippen LogP contribution is -2.37. The van der Waals surface area contributed by atoms with Gasteiger partial charge in [0.1, 0.15) is 5.82 Å². The van der Waals surface area contributed by atoms with E-state index >= 15 is 0 Å². The van der Waals surface area contributed by atoms with Crippen LogP contribution in [0.4, 0.5) is 10.1 Å². The van der Waals surface area contributed by atoms with Crippen molar-refractivity contribution in [2.75, 3.05) is 0 Å². The number of carbonyl (C=O) groups excluding carboxylic acids is 1. The Balaban J connectivity index is 2.05. The molecular formula is C17H16ClFN2O4. The van der Waals surface area contributed by atoms with E-state index in [0.29, 0.717) is 0 Å². The van der Waals surface area contributed by atoms with Crippen molar-refractivity contribution in [3.8, 4) is 5.75 Å². The van der Waals surface area contributed by atoms with Crippen LogP contribution in [0.25, 0.3) is 0 Å². The first kappa shape index (κ1) is 18.7. The molecule has 2 aromatic rings. The summed E-state index contributed by atoms with van der Waals surface area (Å²) < 4.78 is 18.3. The standard InChI is InChI=1S/C17H16ClFN2O4/c1-10(12-3-6-14(19)7-4-12)20-17(22)11(2)25-16-8-5-13(18)9-15(16)21(23)24/h3-11H,1-2H3,(H,20,22)/t10-,11+/m1/s1. The third-order valence-corrected chi connectivity index (χ3v) is 3.75. The normalized spacial score (nSPS) is 13.0. The zero-order chi connectivity index (χ0) is 18.6. The molecule has 2 atom stereocenters. The molecule has 6 nitrogen and oxygen atoms in total. The molecule has 0 fully saturated rings. The molecule has 0 aromatic heterocycles. The van der Waals surface area contributed by atoms with Crippen molar-refractivity contribution in [1.29, 1.82) is 0 Å². The molecule has 1 N–H and O–H groups in total. The van der Waals surface area contributed by atoms with E-state index in [-0.39, 0.29) is 28.3 Å². The van der Waals surface area contributed by atoms with Crippen molar-refractivity contribution in [3.05, 3.63) is 69.0 Å². The number of ether oxygens (including phenoxy) is 1. The molecule has 0 saturated carbocycles. The van der Waals surface area contributed by atoms with E-state index in [9.17, 15) is 19.3 Å². The number of amides is 1. The Kier molecular flexibility index (Phi) is 5.93. The number of nitro groups is 1. The monoisotopic (exact) mass is 366 g/mol. The van der Waals surface area contributed by atoms with Gasteiger partial charge in [0.25, 0.3) is 5.91 Å². The van der Waals surface area contributed by atoms with Crippen LogP contribution in [0.2, 0.25) is 5.02 Å². The second-order valence-corrected chi connectivity index (χ2v) is 5.85. The summed E-state index contributed by atoms with van der Waals surface area (Å²) in [4.78, 5) is 22.7. The molecule has 0 unspecified atom stereocenters. The number of hydrogen-bond donors (Lipinski definition) is 1. The van der Waals surface area contributed by atoms with Crippen LogP contribution in [0, 0.1) is 15.9 Å². The highest BCUT2D eigenvalue weighted by Crippen LogP contribution is 2.30. The van der Waals surface area contributed by atoms with Crippen molar-refractivity contribution in [2.45, 2.75) is 26.0 Å². The van der Waals surface area contributed by atoms with Crippen LogP contribution < -0.4 is 10.1 Å². The topological polar surface area (TPSA) is 81.5 Å². The molecule has 132 valence electrons. The fraction of sp³-hybridized carbons (Fsp3) is 0.235. The van der Waals surface area contributed by atoms with Crippen LogP contribution in [-0.2, 0) is 4.79 Å². The number of nitrogens with one attached hydrogen (secondary N) is 1. The molecule has 0 saturated heterocycles. The van der Waals surface area contributed by atoms with E-state index in [1.807, 2.05) is 0 Å². The van der Waals surface area contributed by atoms with E-state index in [2.05, 4.69) is 5.32 Å². The largest absolute Gasteiger partial charge is 0.474 e. The average Bonchev–Trinajstić information content (AvgIpc) is 2.56. The molecule has 25 heavy (non-hydrogen) atoms. The number of halogens is 2. The minimum atomic E-state index is -0.970. The Labute approximate surface area is 148 Å². The molecule has 0 bridgehead atoms. The third-order valence-electron chi connectivity index (χ3n) is 3.52. The first-order valence-corrected chi connectivity index (χ1v) is 7.82. The lowest BCUT2D eigenvalue weighted by Gasteiger charge is -2.19. The number of benzene rings is 2. The summed E-state index contributed by atoms with van der Waals surface area (Å²) in [5.41, 5.74) is 0.401. The van der Waals surface area contributed by atoms with Gasteiger partial charge in [0.05, 0.1) is 11.0 Å². The minimum absolute atomic E-state index is 0.0496.